The topological polar surface area (TPSA) is 118 Å². The zero-order chi connectivity index (χ0) is 22.0. The van der Waals surface area contributed by atoms with Gasteiger partial charge in [0.15, 0.2) is 11.2 Å². The zero-order valence-electron chi connectivity index (χ0n) is 16.3. The number of carbonyl (C=O) groups is 2. The second kappa shape index (κ2) is 8.36. The Balaban J connectivity index is 1.46. The van der Waals surface area contributed by atoms with Crippen molar-refractivity contribution in [2.45, 2.75) is 17.9 Å². The molecule has 0 saturated heterocycles. The average Bonchev–Trinajstić information content (AvgIpc) is 3.25. The molecule has 1 aromatic heterocycles. The fraction of sp³-hybridized carbons (Fsp3) is 0.150. The van der Waals surface area contributed by atoms with Crippen molar-refractivity contribution in [3.8, 4) is 5.75 Å². The van der Waals surface area contributed by atoms with Gasteiger partial charge in [-0.25, -0.2) is 13.4 Å². The Hall–Kier alpha value is -3.44. The van der Waals surface area contributed by atoms with Crippen molar-refractivity contribution in [3.63, 3.8) is 0 Å². The number of hydrogen-bond acceptors (Lipinski definition) is 7. The van der Waals surface area contributed by atoms with Crippen molar-refractivity contribution < 1.29 is 22.7 Å². The molecule has 11 heteroatoms. The third kappa shape index (κ3) is 4.52. The van der Waals surface area contributed by atoms with Crippen LogP contribution in [0.15, 0.2) is 65.0 Å². The molecule has 31 heavy (non-hydrogen) atoms. The number of thiazole rings is 1. The van der Waals surface area contributed by atoms with Gasteiger partial charge >= 0.3 is 0 Å². The Morgan fingerprint density at radius 1 is 1.16 bits per heavy atom. The van der Waals surface area contributed by atoms with E-state index in [1.54, 1.807) is 29.6 Å². The van der Waals surface area contributed by atoms with E-state index in [-0.39, 0.29) is 22.5 Å². The van der Waals surface area contributed by atoms with Crippen LogP contribution in [0.1, 0.15) is 6.92 Å². The van der Waals surface area contributed by atoms with Crippen LogP contribution in [0.4, 0.5) is 16.5 Å². The quantitative estimate of drug-likeness (QED) is 0.607. The van der Waals surface area contributed by atoms with E-state index in [4.69, 9.17) is 4.74 Å². The van der Waals surface area contributed by atoms with E-state index in [9.17, 15) is 18.0 Å². The summed E-state index contributed by atoms with van der Waals surface area (Å²) in [5.41, 5.74) is 1.01. The Morgan fingerprint density at radius 2 is 1.90 bits per heavy atom. The molecular weight excluding hydrogens is 440 g/mol. The van der Waals surface area contributed by atoms with E-state index in [1.165, 1.54) is 53.6 Å². The molecule has 2 amide bonds. The summed E-state index contributed by atoms with van der Waals surface area (Å²) in [6.07, 6.45) is 0.592. The number of fused-ring (bicyclic) bond motifs is 1. The van der Waals surface area contributed by atoms with Crippen LogP contribution >= 0.6 is 11.3 Å². The second-order valence-corrected chi connectivity index (χ2v) is 9.24. The first-order chi connectivity index (χ1) is 14.8. The predicted octanol–water partition coefficient (Wildman–Crippen LogP) is 2.70. The number of benzene rings is 2. The summed E-state index contributed by atoms with van der Waals surface area (Å²) in [7, 11) is -3.78. The molecule has 0 aliphatic carbocycles. The van der Waals surface area contributed by atoms with Gasteiger partial charge in [-0.05, 0) is 36.4 Å². The Kier molecular flexibility index (Phi) is 5.61. The number of hydrogen-bond donors (Lipinski definition) is 2. The van der Waals surface area contributed by atoms with Gasteiger partial charge in [0.2, 0.25) is 5.91 Å². The number of amides is 2. The summed E-state index contributed by atoms with van der Waals surface area (Å²) in [5.74, 6) is -0.202. The largest absolute Gasteiger partial charge is 0.476 e. The first-order valence-corrected chi connectivity index (χ1v) is 11.6. The highest BCUT2D eigenvalue weighted by molar-refractivity contribution is 7.93. The highest BCUT2D eigenvalue weighted by Gasteiger charge is 2.32. The maximum absolute atomic E-state index is 12.7. The van der Waals surface area contributed by atoms with Crippen LogP contribution in [-0.2, 0) is 19.6 Å². The lowest BCUT2D eigenvalue weighted by Crippen LogP contribution is -2.48. The predicted molar refractivity (Wildman–Crippen MR) is 117 cm³/mol. The van der Waals surface area contributed by atoms with E-state index < -0.39 is 22.0 Å². The van der Waals surface area contributed by atoms with Gasteiger partial charge in [-0.3, -0.25) is 14.3 Å². The first kappa shape index (κ1) is 20.8. The normalized spacial score (nSPS) is 15.5. The number of para-hydroxylation sites is 2. The van der Waals surface area contributed by atoms with Crippen molar-refractivity contribution in [2.24, 2.45) is 0 Å². The average molecular weight is 459 g/mol. The lowest BCUT2D eigenvalue weighted by Gasteiger charge is -2.33. The van der Waals surface area contributed by atoms with Gasteiger partial charge in [0.1, 0.15) is 5.75 Å². The standard InChI is InChI=1S/C20H18N4O5S2/c1-13(25)24-12-18(29-17-5-3-2-4-16(17)24)19(26)22-14-6-8-15(9-7-14)31(27,28)23-20-21-10-11-30-20/h2-11,18H,12H2,1H3,(H,21,23)(H,22,26). The van der Waals surface area contributed by atoms with E-state index in [0.29, 0.717) is 17.1 Å². The summed E-state index contributed by atoms with van der Waals surface area (Å²) in [6, 6.07) is 12.7. The van der Waals surface area contributed by atoms with E-state index in [0.717, 1.165) is 0 Å². The third-order valence-electron chi connectivity index (χ3n) is 4.53. The van der Waals surface area contributed by atoms with Crippen molar-refractivity contribution in [2.75, 3.05) is 21.5 Å². The number of anilines is 3. The molecule has 2 heterocycles. The monoisotopic (exact) mass is 458 g/mol. The van der Waals surface area contributed by atoms with Gasteiger partial charge in [0, 0.05) is 24.2 Å². The van der Waals surface area contributed by atoms with Crippen LogP contribution in [0.5, 0.6) is 5.75 Å². The SMILES string of the molecule is CC(=O)N1CC(C(=O)Nc2ccc(S(=O)(=O)Nc3nccs3)cc2)Oc2ccccc21. The number of nitrogens with one attached hydrogen (secondary N) is 2. The molecule has 1 unspecified atom stereocenters. The molecule has 1 aliphatic heterocycles. The lowest BCUT2D eigenvalue weighted by molar-refractivity contribution is -0.123. The number of sulfonamides is 1. The van der Waals surface area contributed by atoms with Gasteiger partial charge in [-0.1, -0.05) is 12.1 Å². The van der Waals surface area contributed by atoms with Crippen molar-refractivity contribution in [1.82, 2.24) is 4.98 Å². The molecule has 2 N–H and O–H groups in total. The summed E-state index contributed by atoms with van der Waals surface area (Å²) in [5, 5.41) is 4.63. The smallest absolute Gasteiger partial charge is 0.267 e. The maximum Gasteiger partial charge on any atom is 0.267 e. The second-order valence-electron chi connectivity index (χ2n) is 6.66. The van der Waals surface area contributed by atoms with Crippen LogP contribution in [0, 0.1) is 0 Å². The molecule has 0 spiro atoms. The fourth-order valence-electron chi connectivity index (χ4n) is 3.06. The van der Waals surface area contributed by atoms with Crippen LogP contribution < -0.4 is 19.7 Å². The van der Waals surface area contributed by atoms with Crippen LogP contribution in [0.3, 0.4) is 0 Å². The maximum atomic E-state index is 12.7. The zero-order valence-corrected chi connectivity index (χ0v) is 17.9. The molecule has 2 aromatic carbocycles. The molecule has 3 aromatic rings. The number of aromatic nitrogens is 1. The number of ether oxygens (including phenoxy) is 1. The summed E-state index contributed by atoms with van der Waals surface area (Å²) in [6.45, 7) is 1.50. The Labute approximate surface area is 182 Å². The number of carbonyl (C=O) groups excluding carboxylic acids is 2. The molecule has 0 fully saturated rings. The summed E-state index contributed by atoms with van der Waals surface area (Å²) in [4.78, 5) is 30.2. The van der Waals surface area contributed by atoms with Crippen molar-refractivity contribution in [1.29, 1.82) is 0 Å². The van der Waals surface area contributed by atoms with Crippen molar-refractivity contribution >= 4 is 49.7 Å². The van der Waals surface area contributed by atoms with E-state index in [1.807, 2.05) is 0 Å². The molecule has 9 nitrogen and oxygen atoms in total. The number of rotatable bonds is 5. The molecular formula is C20H18N4O5S2. The fourth-order valence-corrected chi connectivity index (χ4v) is 4.85. The minimum absolute atomic E-state index is 0.0336. The van der Waals surface area contributed by atoms with Gasteiger partial charge < -0.3 is 15.0 Å². The molecule has 1 aliphatic rings. The lowest BCUT2D eigenvalue weighted by atomic mass is 10.1. The summed E-state index contributed by atoms with van der Waals surface area (Å²) < 4.78 is 33.0. The molecule has 0 bridgehead atoms. The van der Waals surface area contributed by atoms with Gasteiger partial charge in [0.05, 0.1) is 17.1 Å². The van der Waals surface area contributed by atoms with E-state index >= 15 is 0 Å². The van der Waals surface area contributed by atoms with Gasteiger partial charge in [-0.2, -0.15) is 0 Å². The minimum atomic E-state index is -3.78. The Morgan fingerprint density at radius 3 is 2.58 bits per heavy atom. The molecule has 4 rings (SSSR count). The third-order valence-corrected chi connectivity index (χ3v) is 6.70. The van der Waals surface area contributed by atoms with Gasteiger partial charge in [0.25, 0.3) is 15.9 Å². The molecule has 0 radical (unpaired) electrons. The minimum Gasteiger partial charge on any atom is -0.476 e. The molecule has 1 atom stereocenters. The van der Waals surface area contributed by atoms with Crippen LogP contribution in [0.2, 0.25) is 0 Å². The summed E-state index contributed by atoms with van der Waals surface area (Å²) >= 11 is 1.17. The van der Waals surface area contributed by atoms with Gasteiger partial charge in [-0.15, -0.1) is 11.3 Å². The highest BCUT2D eigenvalue weighted by Crippen LogP contribution is 2.33. The Bertz CT molecular complexity index is 1210. The van der Waals surface area contributed by atoms with E-state index in [2.05, 4.69) is 15.0 Å². The highest BCUT2D eigenvalue weighted by atomic mass is 32.2. The van der Waals surface area contributed by atoms with Crippen LogP contribution in [-0.4, -0.2) is 37.9 Å². The first-order valence-electron chi connectivity index (χ1n) is 9.20. The molecule has 160 valence electrons. The number of nitrogens with zero attached hydrogens (tertiary/aromatic N) is 2. The molecule has 0 saturated carbocycles. The van der Waals surface area contributed by atoms with Crippen molar-refractivity contribution in [3.05, 3.63) is 60.1 Å². The van der Waals surface area contributed by atoms with Crippen LogP contribution in [0.25, 0.3) is 0 Å².